The highest BCUT2D eigenvalue weighted by molar-refractivity contribution is 5.30. The van der Waals surface area contributed by atoms with Gasteiger partial charge in [-0.25, -0.2) is 4.68 Å². The van der Waals surface area contributed by atoms with E-state index in [0.717, 1.165) is 25.4 Å². The van der Waals surface area contributed by atoms with Crippen molar-refractivity contribution in [2.75, 3.05) is 20.2 Å². The van der Waals surface area contributed by atoms with Crippen LogP contribution in [0.15, 0.2) is 42.7 Å². The number of ether oxygens (including phenoxy) is 1. The van der Waals surface area contributed by atoms with Crippen molar-refractivity contribution in [3.63, 3.8) is 0 Å². The van der Waals surface area contributed by atoms with Gasteiger partial charge in [-0.3, -0.25) is 4.90 Å². The average Bonchev–Trinajstić information content (AvgIpc) is 2.97. The number of hydrogen-bond donors (Lipinski definition) is 0. The molecule has 21 heavy (non-hydrogen) atoms. The van der Waals surface area contributed by atoms with E-state index < -0.39 is 0 Å². The quantitative estimate of drug-likeness (QED) is 0.846. The third kappa shape index (κ3) is 3.93. The molecular formula is C17H23N3O. The van der Waals surface area contributed by atoms with Crippen LogP contribution in [0.5, 0.6) is 0 Å². The van der Waals surface area contributed by atoms with E-state index in [-0.39, 0.29) is 0 Å². The lowest BCUT2D eigenvalue weighted by Crippen LogP contribution is -2.32. The third-order valence-electron chi connectivity index (χ3n) is 3.90. The Hall–Kier alpha value is -1.65. The molecule has 1 unspecified atom stereocenters. The first-order valence-electron chi connectivity index (χ1n) is 7.70. The minimum absolute atomic E-state index is 0.396. The van der Waals surface area contributed by atoms with Gasteiger partial charge in [0.25, 0.3) is 0 Å². The Labute approximate surface area is 126 Å². The van der Waals surface area contributed by atoms with E-state index in [0.29, 0.717) is 6.10 Å². The van der Waals surface area contributed by atoms with Crippen LogP contribution < -0.4 is 0 Å². The molecule has 1 aromatic carbocycles. The molecule has 4 nitrogen and oxygen atoms in total. The second-order valence-electron chi connectivity index (χ2n) is 5.81. The first-order chi connectivity index (χ1) is 10.3. The zero-order chi connectivity index (χ0) is 14.5. The van der Waals surface area contributed by atoms with E-state index in [1.807, 2.05) is 29.1 Å². The van der Waals surface area contributed by atoms with Crippen LogP contribution in [0.4, 0.5) is 0 Å². The fraction of sp³-hybridized carbons (Fsp3) is 0.471. The lowest BCUT2D eigenvalue weighted by Gasteiger charge is -2.27. The van der Waals surface area contributed by atoms with Gasteiger partial charge in [-0.2, -0.15) is 5.10 Å². The predicted molar refractivity (Wildman–Crippen MR) is 83.5 cm³/mol. The van der Waals surface area contributed by atoms with E-state index in [2.05, 4.69) is 35.4 Å². The summed E-state index contributed by atoms with van der Waals surface area (Å²) in [6.07, 6.45) is 8.15. The van der Waals surface area contributed by atoms with E-state index in [1.54, 1.807) is 0 Å². The van der Waals surface area contributed by atoms with Crippen LogP contribution in [0.25, 0.3) is 5.69 Å². The fourth-order valence-corrected chi connectivity index (χ4v) is 2.84. The van der Waals surface area contributed by atoms with E-state index in [9.17, 15) is 0 Å². The van der Waals surface area contributed by atoms with Gasteiger partial charge in [-0.15, -0.1) is 0 Å². The number of benzene rings is 1. The van der Waals surface area contributed by atoms with Crippen LogP contribution in [0.2, 0.25) is 0 Å². The van der Waals surface area contributed by atoms with Gasteiger partial charge in [0, 0.05) is 31.5 Å². The van der Waals surface area contributed by atoms with Gasteiger partial charge in [-0.1, -0.05) is 18.2 Å². The summed E-state index contributed by atoms with van der Waals surface area (Å²) in [6, 6.07) is 10.2. The Balaban J connectivity index is 1.56. The molecule has 112 valence electrons. The van der Waals surface area contributed by atoms with Crippen LogP contribution in [-0.2, 0) is 11.3 Å². The van der Waals surface area contributed by atoms with Gasteiger partial charge in [-0.05, 0) is 38.4 Å². The van der Waals surface area contributed by atoms with Crippen LogP contribution in [0, 0.1) is 0 Å². The first-order valence-corrected chi connectivity index (χ1v) is 7.70. The van der Waals surface area contributed by atoms with Crippen molar-refractivity contribution in [1.82, 2.24) is 14.7 Å². The Morgan fingerprint density at radius 2 is 2.14 bits per heavy atom. The molecular weight excluding hydrogens is 262 g/mol. The number of rotatable bonds is 5. The van der Waals surface area contributed by atoms with Crippen molar-refractivity contribution in [1.29, 1.82) is 0 Å². The molecule has 1 saturated heterocycles. The molecule has 1 atom stereocenters. The lowest BCUT2D eigenvalue weighted by molar-refractivity contribution is -0.00259. The monoisotopic (exact) mass is 285 g/mol. The largest absolute Gasteiger partial charge is 0.377 e. The topological polar surface area (TPSA) is 30.3 Å². The van der Waals surface area contributed by atoms with Gasteiger partial charge in [0.15, 0.2) is 0 Å². The van der Waals surface area contributed by atoms with Crippen molar-refractivity contribution in [2.24, 2.45) is 0 Å². The molecule has 0 radical (unpaired) electrons. The SMILES string of the molecule is CN(Cc1cnn(-c2ccccc2)c1)CC1CCCCO1. The van der Waals surface area contributed by atoms with Gasteiger partial charge in [0.1, 0.15) is 0 Å². The standard InChI is InChI=1S/C17H23N3O/c1-19(14-17-9-5-6-10-21-17)12-15-11-18-20(13-15)16-7-3-2-4-8-16/h2-4,7-8,11,13,17H,5-6,9-10,12,14H2,1H3. The third-order valence-corrected chi connectivity index (χ3v) is 3.90. The zero-order valence-corrected chi connectivity index (χ0v) is 12.6. The normalized spacial score (nSPS) is 19.0. The van der Waals surface area contributed by atoms with Crippen LogP contribution in [0.3, 0.4) is 0 Å². The summed E-state index contributed by atoms with van der Waals surface area (Å²) in [5.74, 6) is 0. The number of likely N-dealkylation sites (N-methyl/N-ethyl adjacent to an activating group) is 1. The minimum atomic E-state index is 0.396. The lowest BCUT2D eigenvalue weighted by atomic mass is 10.1. The molecule has 0 spiro atoms. The van der Waals surface area contributed by atoms with Crippen molar-refractivity contribution in [3.05, 3.63) is 48.3 Å². The summed E-state index contributed by atoms with van der Waals surface area (Å²) in [4.78, 5) is 2.32. The van der Waals surface area contributed by atoms with Gasteiger partial charge in [0.2, 0.25) is 0 Å². The maximum absolute atomic E-state index is 5.80. The van der Waals surface area contributed by atoms with Gasteiger partial charge < -0.3 is 4.74 Å². The summed E-state index contributed by atoms with van der Waals surface area (Å²) in [5.41, 5.74) is 2.33. The van der Waals surface area contributed by atoms with Crippen LogP contribution in [0.1, 0.15) is 24.8 Å². The Morgan fingerprint density at radius 1 is 1.29 bits per heavy atom. The molecule has 0 N–H and O–H groups in total. The molecule has 1 aromatic heterocycles. The van der Waals surface area contributed by atoms with E-state index in [1.165, 1.54) is 24.8 Å². The summed E-state index contributed by atoms with van der Waals surface area (Å²) in [6.45, 7) is 2.83. The number of hydrogen-bond acceptors (Lipinski definition) is 3. The highest BCUT2D eigenvalue weighted by Crippen LogP contribution is 2.15. The molecule has 2 heterocycles. The molecule has 3 rings (SSSR count). The summed E-state index contributed by atoms with van der Waals surface area (Å²) in [5, 5.41) is 4.45. The summed E-state index contributed by atoms with van der Waals surface area (Å²) < 4.78 is 7.73. The molecule has 1 aliphatic rings. The maximum Gasteiger partial charge on any atom is 0.0702 e. The Kier molecular flexibility index (Phi) is 4.68. The van der Waals surface area contributed by atoms with Crippen LogP contribution >= 0.6 is 0 Å². The predicted octanol–water partition coefficient (Wildman–Crippen LogP) is 2.87. The Bertz CT molecular complexity index is 546. The van der Waals surface area contributed by atoms with Crippen molar-refractivity contribution in [3.8, 4) is 5.69 Å². The highest BCUT2D eigenvalue weighted by Gasteiger charge is 2.16. The minimum Gasteiger partial charge on any atom is -0.377 e. The van der Waals surface area contributed by atoms with Crippen molar-refractivity contribution in [2.45, 2.75) is 31.9 Å². The van der Waals surface area contributed by atoms with E-state index >= 15 is 0 Å². The van der Waals surface area contributed by atoms with Gasteiger partial charge in [0.05, 0.1) is 18.0 Å². The van der Waals surface area contributed by atoms with Crippen molar-refractivity contribution < 1.29 is 4.74 Å². The smallest absolute Gasteiger partial charge is 0.0702 e. The highest BCUT2D eigenvalue weighted by atomic mass is 16.5. The molecule has 1 fully saturated rings. The van der Waals surface area contributed by atoms with Crippen LogP contribution in [-0.4, -0.2) is 41.0 Å². The molecule has 0 amide bonds. The summed E-state index contributed by atoms with van der Waals surface area (Å²) in [7, 11) is 2.15. The fourth-order valence-electron chi connectivity index (χ4n) is 2.84. The van der Waals surface area contributed by atoms with E-state index in [4.69, 9.17) is 4.74 Å². The average molecular weight is 285 g/mol. The summed E-state index contributed by atoms with van der Waals surface area (Å²) >= 11 is 0. The molecule has 0 bridgehead atoms. The zero-order valence-electron chi connectivity index (χ0n) is 12.6. The molecule has 0 aliphatic carbocycles. The number of para-hydroxylation sites is 1. The molecule has 2 aromatic rings. The Morgan fingerprint density at radius 3 is 2.90 bits per heavy atom. The van der Waals surface area contributed by atoms with Gasteiger partial charge >= 0.3 is 0 Å². The molecule has 4 heteroatoms. The number of nitrogens with zero attached hydrogens (tertiary/aromatic N) is 3. The number of aromatic nitrogens is 2. The maximum atomic E-state index is 5.80. The first kappa shape index (κ1) is 14.3. The second-order valence-corrected chi connectivity index (χ2v) is 5.81. The molecule has 0 saturated carbocycles. The molecule has 1 aliphatic heterocycles. The van der Waals surface area contributed by atoms with Crippen molar-refractivity contribution >= 4 is 0 Å². The second kappa shape index (κ2) is 6.87.